The highest BCUT2D eigenvalue weighted by molar-refractivity contribution is 5.68. The molecule has 0 aliphatic rings. The first kappa shape index (κ1) is 16.6. The average Bonchev–Trinajstić information content (AvgIpc) is 2.75. The minimum Gasteiger partial charge on any atom is -0.468 e. The second kappa shape index (κ2) is 6.31. The number of nitrogens with one attached hydrogen (secondary N) is 2. The Labute approximate surface area is 121 Å². The van der Waals surface area contributed by atoms with Gasteiger partial charge in [-0.2, -0.15) is 0 Å². The number of amides is 1. The highest BCUT2D eigenvalue weighted by Gasteiger charge is 2.25. The predicted octanol–water partition coefficient (Wildman–Crippen LogP) is 3.23. The van der Waals surface area contributed by atoms with Crippen LogP contribution in [0.5, 0.6) is 0 Å². The summed E-state index contributed by atoms with van der Waals surface area (Å²) >= 11 is 0. The van der Waals surface area contributed by atoms with E-state index in [1.165, 1.54) is 0 Å². The van der Waals surface area contributed by atoms with Gasteiger partial charge >= 0.3 is 6.09 Å². The fraction of sp³-hybridized carbons (Fsp3) is 0.667. The lowest BCUT2D eigenvalue weighted by molar-refractivity contribution is 0.0470. The zero-order valence-electron chi connectivity index (χ0n) is 13.2. The van der Waals surface area contributed by atoms with E-state index >= 15 is 0 Å². The zero-order valence-corrected chi connectivity index (χ0v) is 13.2. The first-order chi connectivity index (χ1) is 9.09. The molecule has 1 aromatic heterocycles. The van der Waals surface area contributed by atoms with Crippen LogP contribution in [0.3, 0.4) is 0 Å². The lowest BCUT2D eigenvalue weighted by Gasteiger charge is -2.29. The molecule has 1 aromatic rings. The van der Waals surface area contributed by atoms with Crippen molar-refractivity contribution in [1.29, 1.82) is 0 Å². The van der Waals surface area contributed by atoms with Crippen molar-refractivity contribution in [3.05, 3.63) is 24.2 Å². The van der Waals surface area contributed by atoms with Crippen LogP contribution in [0, 0.1) is 0 Å². The van der Waals surface area contributed by atoms with Crippen LogP contribution >= 0.6 is 0 Å². The van der Waals surface area contributed by atoms with Crippen molar-refractivity contribution in [2.75, 3.05) is 6.54 Å². The van der Waals surface area contributed by atoms with E-state index in [4.69, 9.17) is 9.15 Å². The molecule has 1 atom stereocenters. The van der Waals surface area contributed by atoms with Gasteiger partial charge in [0.15, 0.2) is 0 Å². The van der Waals surface area contributed by atoms with E-state index in [-0.39, 0.29) is 6.04 Å². The molecule has 0 radical (unpaired) electrons. The summed E-state index contributed by atoms with van der Waals surface area (Å²) in [5.41, 5.74) is -0.905. The van der Waals surface area contributed by atoms with Crippen LogP contribution in [0.15, 0.2) is 22.8 Å². The van der Waals surface area contributed by atoms with Gasteiger partial charge in [0.2, 0.25) is 0 Å². The summed E-state index contributed by atoms with van der Waals surface area (Å²) < 4.78 is 10.6. The van der Waals surface area contributed by atoms with Crippen molar-refractivity contribution < 1.29 is 13.9 Å². The molecule has 0 saturated heterocycles. The van der Waals surface area contributed by atoms with Gasteiger partial charge in [0, 0.05) is 6.54 Å². The molecular weight excluding hydrogens is 256 g/mol. The summed E-state index contributed by atoms with van der Waals surface area (Å²) in [7, 11) is 0. The summed E-state index contributed by atoms with van der Waals surface area (Å²) in [5.74, 6) is 0.873. The van der Waals surface area contributed by atoms with Crippen molar-refractivity contribution in [3.8, 4) is 0 Å². The molecule has 1 unspecified atom stereocenters. The van der Waals surface area contributed by atoms with E-state index in [2.05, 4.69) is 10.6 Å². The van der Waals surface area contributed by atoms with Crippen LogP contribution < -0.4 is 10.6 Å². The molecule has 0 aromatic carbocycles. The topological polar surface area (TPSA) is 63.5 Å². The molecule has 0 fully saturated rings. The summed E-state index contributed by atoms with van der Waals surface area (Å²) in [6.45, 7) is 12.0. The van der Waals surface area contributed by atoms with Crippen molar-refractivity contribution >= 4 is 6.09 Å². The van der Waals surface area contributed by atoms with Gasteiger partial charge in [0.25, 0.3) is 0 Å². The van der Waals surface area contributed by atoms with Gasteiger partial charge in [-0.1, -0.05) is 0 Å². The third-order valence-corrected chi connectivity index (χ3v) is 2.66. The van der Waals surface area contributed by atoms with Crippen LogP contribution in [0.25, 0.3) is 0 Å². The van der Waals surface area contributed by atoms with Gasteiger partial charge in [-0.05, 0) is 53.7 Å². The Kier molecular flexibility index (Phi) is 5.22. The summed E-state index contributed by atoms with van der Waals surface area (Å²) in [4.78, 5) is 11.8. The minimum atomic E-state index is -0.491. The van der Waals surface area contributed by atoms with Gasteiger partial charge in [-0.25, -0.2) is 4.79 Å². The third kappa shape index (κ3) is 6.10. The third-order valence-electron chi connectivity index (χ3n) is 2.66. The molecule has 0 bridgehead atoms. The molecule has 0 aliphatic heterocycles. The molecule has 5 nitrogen and oxygen atoms in total. The number of ether oxygens (including phenoxy) is 1. The average molecular weight is 282 g/mol. The Morgan fingerprint density at radius 2 is 2.00 bits per heavy atom. The Morgan fingerprint density at radius 3 is 2.50 bits per heavy atom. The van der Waals surface area contributed by atoms with Gasteiger partial charge in [-0.15, -0.1) is 0 Å². The molecule has 5 heteroatoms. The minimum absolute atomic E-state index is 0.0877. The van der Waals surface area contributed by atoms with E-state index in [0.29, 0.717) is 6.54 Å². The normalized spacial score (nSPS) is 13.9. The van der Waals surface area contributed by atoms with Crippen molar-refractivity contribution in [2.24, 2.45) is 0 Å². The maximum absolute atomic E-state index is 11.8. The Hall–Kier alpha value is -1.49. The maximum atomic E-state index is 11.8. The van der Waals surface area contributed by atoms with E-state index < -0.39 is 17.2 Å². The molecule has 20 heavy (non-hydrogen) atoms. The summed E-state index contributed by atoms with van der Waals surface area (Å²) in [6.07, 6.45) is 1.24. The number of hydrogen-bond acceptors (Lipinski definition) is 4. The van der Waals surface area contributed by atoms with Crippen molar-refractivity contribution in [2.45, 2.75) is 58.7 Å². The number of furan rings is 1. The van der Waals surface area contributed by atoms with Gasteiger partial charge in [0.05, 0.1) is 17.8 Å². The van der Waals surface area contributed by atoms with Gasteiger partial charge in [0.1, 0.15) is 11.4 Å². The van der Waals surface area contributed by atoms with Crippen molar-refractivity contribution in [1.82, 2.24) is 10.6 Å². The number of carbonyl (C=O) groups excluding carboxylic acids is 1. The quantitative estimate of drug-likeness (QED) is 0.870. The smallest absolute Gasteiger partial charge is 0.408 e. The van der Waals surface area contributed by atoms with E-state index in [9.17, 15) is 4.79 Å². The molecule has 1 amide bonds. The second-order valence-electron chi connectivity index (χ2n) is 6.63. The van der Waals surface area contributed by atoms with E-state index in [0.717, 1.165) is 5.76 Å². The van der Waals surface area contributed by atoms with Crippen LogP contribution in [0.4, 0.5) is 4.79 Å². The monoisotopic (exact) mass is 282 g/mol. The number of carbonyl (C=O) groups is 1. The fourth-order valence-corrected chi connectivity index (χ4v) is 1.67. The first-order valence-corrected chi connectivity index (χ1v) is 6.87. The van der Waals surface area contributed by atoms with Crippen LogP contribution in [0.1, 0.15) is 53.3 Å². The Bertz CT molecular complexity index is 419. The van der Waals surface area contributed by atoms with Crippen LogP contribution in [-0.2, 0) is 4.74 Å². The first-order valence-electron chi connectivity index (χ1n) is 6.87. The van der Waals surface area contributed by atoms with Gasteiger partial charge in [-0.3, -0.25) is 0 Å². The fourth-order valence-electron chi connectivity index (χ4n) is 1.67. The van der Waals surface area contributed by atoms with Crippen LogP contribution in [-0.4, -0.2) is 23.8 Å². The molecule has 0 spiro atoms. The number of rotatable bonds is 5. The lowest BCUT2D eigenvalue weighted by atomic mass is 10.1. The molecule has 0 saturated carbocycles. The number of alkyl carbamates (subject to hydrolysis) is 1. The predicted molar refractivity (Wildman–Crippen MR) is 78.6 cm³/mol. The van der Waals surface area contributed by atoms with Gasteiger partial charge < -0.3 is 19.8 Å². The second-order valence-corrected chi connectivity index (χ2v) is 6.63. The zero-order chi connectivity index (χ0) is 15.4. The molecule has 2 N–H and O–H groups in total. The van der Waals surface area contributed by atoms with E-state index in [1.807, 2.05) is 53.7 Å². The molecule has 0 aliphatic carbocycles. The molecular formula is C15H26N2O3. The largest absolute Gasteiger partial charge is 0.468 e. The highest BCUT2D eigenvalue weighted by atomic mass is 16.6. The summed E-state index contributed by atoms with van der Waals surface area (Å²) in [6, 6.07) is 3.87. The number of hydrogen-bond donors (Lipinski definition) is 2. The molecule has 1 rings (SSSR count). The van der Waals surface area contributed by atoms with Crippen molar-refractivity contribution in [3.63, 3.8) is 0 Å². The Morgan fingerprint density at radius 1 is 1.35 bits per heavy atom. The Balaban J connectivity index is 2.43. The summed E-state index contributed by atoms with van der Waals surface area (Å²) in [5, 5.41) is 6.19. The lowest BCUT2D eigenvalue weighted by Crippen LogP contribution is -2.51. The molecule has 1 heterocycles. The maximum Gasteiger partial charge on any atom is 0.408 e. The van der Waals surface area contributed by atoms with Crippen LogP contribution in [0.2, 0.25) is 0 Å². The van der Waals surface area contributed by atoms with E-state index in [1.54, 1.807) is 6.26 Å². The highest BCUT2D eigenvalue weighted by Crippen LogP contribution is 2.14. The molecule has 114 valence electrons. The SMILES string of the molecule is CC(NCC(C)(C)NC(=O)OC(C)(C)C)c1ccco1. The standard InChI is InChI=1S/C15H26N2O3/c1-11(12-8-7-9-19-12)16-10-15(5,6)17-13(18)20-14(2,3)4/h7-9,11,16H,10H2,1-6H3,(H,17,18).